The number of phosphoric acid groups is 2. The summed E-state index contributed by atoms with van der Waals surface area (Å²) < 4.78 is 70.8. The van der Waals surface area contributed by atoms with Gasteiger partial charge in [-0.2, -0.15) is 0 Å². The quantitative estimate of drug-likeness (QED) is 0.0320. The smallest absolute Gasteiger partial charge is 0.396 e. The number of hydrogen-bond acceptors (Lipinski definition) is 27. The lowest BCUT2D eigenvalue weighted by molar-refractivity contribution is -0.133. The third-order valence-electron chi connectivity index (χ3n) is 17.1. The highest BCUT2D eigenvalue weighted by atomic mass is 31.2. The minimum atomic E-state index is -4.96. The lowest BCUT2D eigenvalue weighted by atomic mass is 10.0. The molecule has 33 nitrogen and oxygen atoms in total. The highest BCUT2D eigenvalue weighted by Crippen LogP contribution is 2.50. The minimum absolute atomic E-state index is 0.0121. The van der Waals surface area contributed by atoms with Gasteiger partial charge in [-0.25, -0.2) is 19.1 Å². The molecule has 1 aromatic rings. The van der Waals surface area contributed by atoms with Gasteiger partial charge in [-0.3, -0.25) is 56.5 Å². The van der Waals surface area contributed by atoms with Crippen molar-refractivity contribution in [3.63, 3.8) is 0 Å². The van der Waals surface area contributed by atoms with Crippen molar-refractivity contribution >= 4 is 79.7 Å². The average Bonchev–Trinajstić information content (AvgIpc) is 1.63. The maximum atomic E-state index is 14.0. The van der Waals surface area contributed by atoms with Crippen LogP contribution < -0.4 is 31.9 Å². The van der Waals surface area contributed by atoms with E-state index in [-0.39, 0.29) is 177 Å². The number of likely N-dealkylation sites (tertiary alicyclic amines) is 1. The van der Waals surface area contributed by atoms with Crippen LogP contribution in [0, 0.1) is 0 Å². The molecule has 4 heterocycles. The van der Waals surface area contributed by atoms with E-state index in [0.29, 0.717) is 166 Å². The molecule has 572 valence electrons. The standard InChI is InChI=1S/C65H113N9O24P2/c1-91-99(87,88)96-43-56-55(40-61(97-56)74-48-71-62-63(66)69-47-70-64(62)74)98-100(89,90)95-42-49-39-54(82)41-73(49)60(86)27-8-3-2-7-26-59(85)72-65(44-92-36-28-52(80)20-6-4-5-19-50(78)23-11-16-33-75,45-93-37-29-53(81)22-10-15-31-67-57(83)25-13-18-35-77)46-94-38-30-58(84)68-32-14-9-21-51(79)24-12-17-34-76/h47,49,54-56,61,71,75-77,82H,2-46,48H2,1H3,(H,67,83)(H,68,84)(H,72,85)(H,87,88)(H,89,90)(H2,66,69,70)/t49-,54+,55-,56+,61+,65?/m0/s1. The van der Waals surface area contributed by atoms with Crippen LogP contribution in [-0.4, -0.2) is 234 Å². The van der Waals surface area contributed by atoms with E-state index in [2.05, 4.69) is 35.8 Å². The Morgan fingerprint density at radius 1 is 0.600 bits per heavy atom. The molecule has 0 aliphatic carbocycles. The normalized spacial score (nSPS) is 19.1. The van der Waals surface area contributed by atoms with Crippen molar-refractivity contribution in [2.24, 2.45) is 0 Å². The van der Waals surface area contributed by atoms with E-state index >= 15 is 0 Å². The van der Waals surface area contributed by atoms with Crippen molar-refractivity contribution in [1.82, 2.24) is 30.8 Å². The molecule has 4 rings (SSSR count). The highest BCUT2D eigenvalue weighted by Gasteiger charge is 2.47. The van der Waals surface area contributed by atoms with Crippen LogP contribution in [0.15, 0.2) is 6.33 Å². The molecule has 2 fully saturated rings. The second kappa shape index (κ2) is 49.6. The van der Waals surface area contributed by atoms with Crippen LogP contribution in [0.1, 0.15) is 199 Å². The molecular formula is C65H113N9O24P2. The topological polar surface area (TPSA) is 472 Å². The Hall–Kier alpha value is -5.06. The summed E-state index contributed by atoms with van der Waals surface area (Å²) in [6.45, 7) is -0.831. The Morgan fingerprint density at radius 2 is 1.07 bits per heavy atom. The fraction of sp³-hybridized carbons (Fsp3) is 0.815. The molecule has 8 atom stereocenters. The van der Waals surface area contributed by atoms with Gasteiger partial charge in [0, 0.05) is 130 Å². The number of hydrogen-bond donors (Lipinski definition) is 11. The largest absolute Gasteiger partial charge is 0.472 e. The predicted octanol–water partition coefficient (Wildman–Crippen LogP) is 4.29. The molecule has 0 bridgehead atoms. The number of carbonyl (C=O) groups is 8. The second-order valence-electron chi connectivity index (χ2n) is 25.6. The molecule has 4 amide bonds. The number of rotatable bonds is 61. The highest BCUT2D eigenvalue weighted by molar-refractivity contribution is 7.47. The van der Waals surface area contributed by atoms with Gasteiger partial charge in [0.1, 0.15) is 59.1 Å². The van der Waals surface area contributed by atoms with E-state index in [1.807, 2.05) is 0 Å². The molecule has 35 heteroatoms. The molecule has 0 radical (unpaired) electrons. The lowest BCUT2D eigenvalue weighted by Crippen LogP contribution is -2.58. The average molecular weight is 1470 g/mol. The molecule has 0 saturated carbocycles. The molecular weight excluding hydrogens is 1350 g/mol. The number of aliphatic hydroxyl groups excluding tert-OH is 4. The van der Waals surface area contributed by atoms with Crippen LogP contribution in [0.4, 0.5) is 17.3 Å². The van der Waals surface area contributed by atoms with E-state index < -0.39 is 70.9 Å². The van der Waals surface area contributed by atoms with Gasteiger partial charge >= 0.3 is 15.6 Å². The number of phosphoric ester groups is 2. The van der Waals surface area contributed by atoms with Crippen molar-refractivity contribution in [2.45, 2.75) is 235 Å². The first-order valence-electron chi connectivity index (χ1n) is 35.4. The number of anilines is 3. The first-order chi connectivity index (χ1) is 48.0. The number of Topliss-reactive ketones (excluding diaryl/α,β-unsaturated/α-hetero) is 4. The second-order valence-corrected chi connectivity index (χ2v) is 28.6. The number of fused-ring (bicyclic) bond motifs is 1. The molecule has 3 aliphatic rings. The summed E-state index contributed by atoms with van der Waals surface area (Å²) in [6, 6.07) is -0.816. The van der Waals surface area contributed by atoms with E-state index in [1.165, 1.54) is 11.2 Å². The molecule has 12 N–H and O–H groups in total. The molecule has 2 saturated heterocycles. The maximum Gasteiger partial charge on any atom is 0.472 e. The molecule has 0 spiro atoms. The molecule has 100 heavy (non-hydrogen) atoms. The Kier molecular flexibility index (Phi) is 43.3. The summed E-state index contributed by atoms with van der Waals surface area (Å²) in [5.41, 5.74) is 5.07. The molecule has 3 aliphatic heterocycles. The predicted molar refractivity (Wildman–Crippen MR) is 365 cm³/mol. The van der Waals surface area contributed by atoms with E-state index in [0.717, 1.165) is 7.11 Å². The first-order valence-corrected chi connectivity index (χ1v) is 38.4. The zero-order valence-electron chi connectivity index (χ0n) is 58.3. The monoisotopic (exact) mass is 1470 g/mol. The third kappa shape index (κ3) is 36.4. The van der Waals surface area contributed by atoms with E-state index in [9.17, 15) is 62.4 Å². The number of nitrogens with two attached hydrogens (primary N) is 1. The Morgan fingerprint density at radius 3 is 1.63 bits per heavy atom. The summed E-state index contributed by atoms with van der Waals surface area (Å²) >= 11 is 0. The van der Waals surface area contributed by atoms with E-state index in [1.54, 1.807) is 4.90 Å². The van der Waals surface area contributed by atoms with Crippen LogP contribution in [0.3, 0.4) is 0 Å². The zero-order valence-corrected chi connectivity index (χ0v) is 60.1. The Labute approximate surface area is 586 Å². The van der Waals surface area contributed by atoms with Gasteiger partial charge in [-0.15, -0.1) is 0 Å². The van der Waals surface area contributed by atoms with Crippen LogP contribution in [0.2, 0.25) is 0 Å². The van der Waals surface area contributed by atoms with Crippen molar-refractivity contribution in [3.8, 4) is 0 Å². The van der Waals surface area contributed by atoms with Crippen molar-refractivity contribution in [2.75, 3.05) is 122 Å². The number of nitrogens with one attached hydrogen (secondary N) is 4. The van der Waals surface area contributed by atoms with Gasteiger partial charge in [0.25, 0.3) is 0 Å². The number of aliphatic hydroxyl groups is 4. The van der Waals surface area contributed by atoms with Gasteiger partial charge in [-0.05, 0) is 96.3 Å². The number of nitrogen functional groups attached to an aromatic ring is 1. The summed E-state index contributed by atoms with van der Waals surface area (Å²) in [6.07, 6.45) is 9.05. The number of aromatic nitrogens is 2. The summed E-state index contributed by atoms with van der Waals surface area (Å²) in [5, 5.41) is 49.4. The zero-order chi connectivity index (χ0) is 73.0. The maximum absolute atomic E-state index is 14.0. The van der Waals surface area contributed by atoms with Gasteiger partial charge < -0.3 is 86.0 Å². The summed E-state index contributed by atoms with van der Waals surface area (Å²) in [5.74, 6) is -0.520. The third-order valence-corrected chi connectivity index (χ3v) is 19.0. The number of unbranched alkanes of at least 4 members (excludes halogenated alkanes) is 10. The van der Waals surface area contributed by atoms with Gasteiger partial charge in [-0.1, -0.05) is 19.3 Å². The lowest BCUT2D eigenvalue weighted by Gasteiger charge is -2.34. The number of amides is 4. The SMILES string of the molecule is COP(=O)(O)OC[C@H]1O[C@@H](N2CNc3c(N)ncnc32)C[C@@H]1OP(=O)(O)OC[C@@H]1C[C@@H](O)CN1C(=O)CCCCCCC(=O)NC(COCCC(=O)CCCCCC(=O)CCCCO)(COCCC(=O)CCCCNC(=O)CCCCO)COCCC(=O)NCCCCC(=O)CCCCO. The van der Waals surface area contributed by atoms with E-state index in [4.69, 9.17) is 53.6 Å². The van der Waals surface area contributed by atoms with Crippen LogP contribution in [0.25, 0.3) is 0 Å². The Bertz CT molecular complexity index is 2600. The fourth-order valence-electron chi connectivity index (χ4n) is 11.5. The number of carbonyl (C=O) groups excluding carboxylic acids is 8. The minimum Gasteiger partial charge on any atom is -0.396 e. The first kappa shape index (κ1) is 87.3. The van der Waals surface area contributed by atoms with Crippen molar-refractivity contribution in [1.29, 1.82) is 0 Å². The van der Waals surface area contributed by atoms with Crippen molar-refractivity contribution < 1.29 is 115 Å². The molecule has 1 aromatic heterocycles. The summed E-state index contributed by atoms with van der Waals surface area (Å²) in [7, 11) is -8.52. The number of β-amino-alcohol motifs (C(OH)–C–C–N with tert-alkyl or cyclic N) is 1. The number of ether oxygens (including phenoxy) is 4. The van der Waals surface area contributed by atoms with Crippen LogP contribution in [-0.2, 0) is 84.5 Å². The summed E-state index contributed by atoms with van der Waals surface area (Å²) in [4.78, 5) is 135. The fourth-order valence-corrected chi connectivity index (χ4v) is 12.9. The van der Waals surface area contributed by atoms with Gasteiger partial charge in [0.2, 0.25) is 23.6 Å². The van der Waals surface area contributed by atoms with Gasteiger partial charge in [0.05, 0.1) is 71.7 Å². The van der Waals surface area contributed by atoms with Crippen LogP contribution >= 0.6 is 15.6 Å². The number of ketones is 4. The number of nitrogens with zero attached hydrogens (tertiary/aromatic N) is 4. The Balaban J connectivity index is 1.34. The molecule has 3 unspecified atom stereocenters. The molecule has 0 aromatic carbocycles. The van der Waals surface area contributed by atoms with Crippen molar-refractivity contribution in [3.05, 3.63) is 6.33 Å². The van der Waals surface area contributed by atoms with Gasteiger partial charge in [0.15, 0.2) is 11.6 Å². The van der Waals surface area contributed by atoms with Crippen LogP contribution in [0.5, 0.6) is 0 Å².